The monoisotopic (exact) mass is 110 g/mol. The number of nitriles is 1. The SMILES string of the molecule is C[C@@H]1NCC[C@@H]1C#N. The number of nitrogens with one attached hydrogen (secondary N) is 1. The van der Waals surface area contributed by atoms with Crippen LogP contribution in [0.5, 0.6) is 0 Å². The van der Waals surface area contributed by atoms with Gasteiger partial charge in [-0.15, -0.1) is 0 Å². The standard InChI is InChI=1S/C6H10N2/c1-5-6(4-7)2-3-8-5/h5-6,8H,2-3H2,1H3/t5-,6+/m0/s1. The molecule has 0 aliphatic carbocycles. The maximum Gasteiger partial charge on any atom is 0.0672 e. The van der Waals surface area contributed by atoms with Gasteiger partial charge in [-0.2, -0.15) is 5.26 Å². The second-order valence-corrected chi connectivity index (χ2v) is 2.27. The Morgan fingerprint density at radius 3 is 2.75 bits per heavy atom. The highest BCUT2D eigenvalue weighted by molar-refractivity contribution is 4.94. The third-order valence-corrected chi connectivity index (χ3v) is 1.69. The molecule has 2 nitrogen and oxygen atoms in total. The van der Waals surface area contributed by atoms with E-state index in [1.807, 2.05) is 0 Å². The highest BCUT2D eigenvalue weighted by Crippen LogP contribution is 2.12. The molecule has 0 unspecified atom stereocenters. The largest absolute Gasteiger partial charge is 0.313 e. The van der Waals surface area contributed by atoms with Crippen molar-refractivity contribution in [2.75, 3.05) is 6.54 Å². The summed E-state index contributed by atoms with van der Waals surface area (Å²) < 4.78 is 0. The van der Waals surface area contributed by atoms with Gasteiger partial charge in [-0.3, -0.25) is 0 Å². The average Bonchev–Trinajstić information content (AvgIpc) is 2.14. The molecule has 0 aromatic carbocycles. The predicted octanol–water partition coefficient (Wildman–Crippen LogP) is 0.508. The fourth-order valence-electron chi connectivity index (χ4n) is 1.04. The molecule has 0 spiro atoms. The minimum absolute atomic E-state index is 0.259. The van der Waals surface area contributed by atoms with Gasteiger partial charge >= 0.3 is 0 Å². The highest BCUT2D eigenvalue weighted by Gasteiger charge is 2.21. The van der Waals surface area contributed by atoms with E-state index in [0.29, 0.717) is 6.04 Å². The Labute approximate surface area is 49.5 Å². The second-order valence-electron chi connectivity index (χ2n) is 2.27. The van der Waals surface area contributed by atoms with Gasteiger partial charge in [0.1, 0.15) is 0 Å². The Bertz CT molecular complexity index is 114. The Morgan fingerprint density at radius 1 is 1.75 bits per heavy atom. The lowest BCUT2D eigenvalue weighted by Crippen LogP contribution is -2.21. The van der Waals surface area contributed by atoms with Crippen molar-refractivity contribution in [1.82, 2.24) is 5.32 Å². The zero-order valence-corrected chi connectivity index (χ0v) is 5.02. The molecular formula is C6H10N2. The summed E-state index contributed by atoms with van der Waals surface area (Å²) in [5, 5.41) is 11.6. The highest BCUT2D eigenvalue weighted by atomic mass is 14.9. The Balaban J connectivity index is 2.45. The molecule has 0 aromatic heterocycles. The first-order valence-corrected chi connectivity index (χ1v) is 2.97. The number of hydrogen-bond donors (Lipinski definition) is 1. The van der Waals surface area contributed by atoms with Crippen molar-refractivity contribution < 1.29 is 0 Å². The summed E-state index contributed by atoms with van der Waals surface area (Å²) >= 11 is 0. The van der Waals surface area contributed by atoms with Crippen LogP contribution in [0.3, 0.4) is 0 Å². The topological polar surface area (TPSA) is 35.8 Å². The zero-order valence-electron chi connectivity index (χ0n) is 5.02. The quantitative estimate of drug-likeness (QED) is 0.493. The van der Waals surface area contributed by atoms with Crippen molar-refractivity contribution in [3.05, 3.63) is 0 Å². The zero-order chi connectivity index (χ0) is 5.98. The van der Waals surface area contributed by atoms with Crippen LogP contribution in [-0.2, 0) is 0 Å². The molecule has 2 heteroatoms. The number of hydrogen-bond acceptors (Lipinski definition) is 2. The predicted molar refractivity (Wildman–Crippen MR) is 31.2 cm³/mol. The van der Waals surface area contributed by atoms with Gasteiger partial charge < -0.3 is 5.32 Å². The minimum atomic E-state index is 0.259. The molecule has 1 fully saturated rings. The summed E-state index contributed by atoms with van der Waals surface area (Å²) in [4.78, 5) is 0. The van der Waals surface area contributed by atoms with Crippen LogP contribution >= 0.6 is 0 Å². The molecule has 1 heterocycles. The van der Waals surface area contributed by atoms with Crippen molar-refractivity contribution in [3.8, 4) is 6.07 Å². The molecule has 8 heavy (non-hydrogen) atoms. The van der Waals surface area contributed by atoms with Crippen LogP contribution in [0.15, 0.2) is 0 Å². The second kappa shape index (κ2) is 2.15. The molecule has 1 saturated heterocycles. The Kier molecular flexibility index (Phi) is 1.50. The van der Waals surface area contributed by atoms with Crippen LogP contribution in [0, 0.1) is 17.2 Å². The maximum atomic E-state index is 8.45. The lowest BCUT2D eigenvalue weighted by molar-refractivity contribution is 0.577. The third kappa shape index (κ3) is 0.823. The van der Waals surface area contributed by atoms with E-state index in [-0.39, 0.29) is 5.92 Å². The molecule has 0 amide bonds. The molecule has 0 bridgehead atoms. The van der Waals surface area contributed by atoms with E-state index in [2.05, 4.69) is 18.3 Å². The molecule has 1 rings (SSSR count). The molecule has 0 aromatic rings. The third-order valence-electron chi connectivity index (χ3n) is 1.69. The smallest absolute Gasteiger partial charge is 0.0672 e. The summed E-state index contributed by atoms with van der Waals surface area (Å²) in [5.41, 5.74) is 0. The van der Waals surface area contributed by atoms with E-state index >= 15 is 0 Å². The van der Waals surface area contributed by atoms with Crippen molar-refractivity contribution in [3.63, 3.8) is 0 Å². The van der Waals surface area contributed by atoms with E-state index in [0.717, 1.165) is 13.0 Å². The summed E-state index contributed by atoms with van der Waals surface area (Å²) in [5.74, 6) is 0.259. The van der Waals surface area contributed by atoms with Crippen molar-refractivity contribution in [2.45, 2.75) is 19.4 Å². The number of nitrogens with zero attached hydrogens (tertiary/aromatic N) is 1. The lowest BCUT2D eigenvalue weighted by Gasteiger charge is -2.03. The van der Waals surface area contributed by atoms with E-state index in [1.165, 1.54) is 0 Å². The number of rotatable bonds is 0. The summed E-state index contributed by atoms with van der Waals surface area (Å²) in [7, 11) is 0. The molecule has 1 aliphatic rings. The van der Waals surface area contributed by atoms with Gasteiger partial charge in [0.15, 0.2) is 0 Å². The minimum Gasteiger partial charge on any atom is -0.313 e. The molecule has 2 atom stereocenters. The summed E-state index contributed by atoms with van der Waals surface area (Å²) in [6.07, 6.45) is 1.03. The fraction of sp³-hybridized carbons (Fsp3) is 0.833. The van der Waals surface area contributed by atoms with E-state index in [1.54, 1.807) is 0 Å². The van der Waals surface area contributed by atoms with Gasteiger partial charge in [0, 0.05) is 6.04 Å². The van der Waals surface area contributed by atoms with Gasteiger partial charge in [0.05, 0.1) is 12.0 Å². The first-order valence-electron chi connectivity index (χ1n) is 2.97. The van der Waals surface area contributed by atoms with Crippen LogP contribution < -0.4 is 5.32 Å². The first-order chi connectivity index (χ1) is 3.84. The molecule has 44 valence electrons. The molecule has 0 radical (unpaired) electrons. The maximum absolute atomic E-state index is 8.45. The van der Waals surface area contributed by atoms with Gasteiger partial charge in [-0.05, 0) is 19.9 Å². The molecule has 1 aliphatic heterocycles. The van der Waals surface area contributed by atoms with Crippen molar-refractivity contribution in [1.29, 1.82) is 5.26 Å². The van der Waals surface area contributed by atoms with Crippen LogP contribution in [0.1, 0.15) is 13.3 Å². The molecular weight excluding hydrogens is 100 g/mol. The van der Waals surface area contributed by atoms with Gasteiger partial charge in [0.25, 0.3) is 0 Å². The molecule has 1 N–H and O–H groups in total. The van der Waals surface area contributed by atoms with E-state index in [9.17, 15) is 0 Å². The Morgan fingerprint density at radius 2 is 2.50 bits per heavy atom. The summed E-state index contributed by atoms with van der Waals surface area (Å²) in [6.45, 7) is 3.07. The van der Waals surface area contributed by atoms with Crippen LogP contribution in [0.25, 0.3) is 0 Å². The summed E-state index contributed by atoms with van der Waals surface area (Å²) in [6, 6.07) is 2.67. The van der Waals surface area contributed by atoms with Crippen LogP contribution in [0.2, 0.25) is 0 Å². The Hall–Kier alpha value is -0.550. The van der Waals surface area contributed by atoms with Gasteiger partial charge in [0.2, 0.25) is 0 Å². The van der Waals surface area contributed by atoms with Crippen molar-refractivity contribution >= 4 is 0 Å². The first kappa shape index (κ1) is 5.58. The lowest BCUT2D eigenvalue weighted by atomic mass is 10.1. The fourth-order valence-corrected chi connectivity index (χ4v) is 1.04. The van der Waals surface area contributed by atoms with Crippen molar-refractivity contribution in [2.24, 2.45) is 5.92 Å². The van der Waals surface area contributed by atoms with Gasteiger partial charge in [-0.25, -0.2) is 0 Å². The normalized spacial score (nSPS) is 37.0. The van der Waals surface area contributed by atoms with E-state index < -0.39 is 0 Å². The van der Waals surface area contributed by atoms with Crippen LogP contribution in [0.4, 0.5) is 0 Å². The van der Waals surface area contributed by atoms with Crippen LogP contribution in [-0.4, -0.2) is 12.6 Å². The average molecular weight is 110 g/mol. The molecule has 0 saturated carbocycles. The van der Waals surface area contributed by atoms with E-state index in [4.69, 9.17) is 5.26 Å². The van der Waals surface area contributed by atoms with Gasteiger partial charge in [-0.1, -0.05) is 0 Å².